The van der Waals surface area contributed by atoms with E-state index in [2.05, 4.69) is 25.4 Å². The largest absolute Gasteiger partial charge is 0.367 e. The van der Waals surface area contributed by atoms with Crippen molar-refractivity contribution in [3.8, 4) is 11.3 Å². The van der Waals surface area contributed by atoms with E-state index in [0.29, 0.717) is 12.0 Å². The van der Waals surface area contributed by atoms with Gasteiger partial charge in [-0.2, -0.15) is 10.1 Å². The molecule has 8 nitrogen and oxygen atoms in total. The summed E-state index contributed by atoms with van der Waals surface area (Å²) >= 11 is 0. The molecule has 1 fully saturated rings. The Balaban J connectivity index is 1.43. The van der Waals surface area contributed by atoms with E-state index in [1.54, 1.807) is 35.4 Å². The average Bonchev–Trinajstić information content (AvgIpc) is 2.75. The Morgan fingerprint density at radius 3 is 2.48 bits per heavy atom. The van der Waals surface area contributed by atoms with E-state index in [-0.39, 0.29) is 11.6 Å². The zero-order chi connectivity index (χ0) is 20.2. The van der Waals surface area contributed by atoms with Crippen LogP contribution in [0.4, 0.5) is 11.8 Å². The molecular formula is C21H25N7O. The molecule has 1 saturated carbocycles. The van der Waals surface area contributed by atoms with Gasteiger partial charge in [0, 0.05) is 50.4 Å². The summed E-state index contributed by atoms with van der Waals surface area (Å²) in [6, 6.07) is 9.53. The van der Waals surface area contributed by atoms with Crippen molar-refractivity contribution in [2.24, 2.45) is 0 Å². The number of aromatic nitrogens is 5. The van der Waals surface area contributed by atoms with Gasteiger partial charge in [-0.25, -0.2) is 9.67 Å². The number of nitrogens with zero attached hydrogens (tertiary/aromatic N) is 6. The van der Waals surface area contributed by atoms with Gasteiger partial charge in [0.1, 0.15) is 5.82 Å². The number of hydrogen-bond acceptors (Lipinski definition) is 7. The van der Waals surface area contributed by atoms with Crippen molar-refractivity contribution in [2.75, 3.05) is 24.3 Å². The maximum Gasteiger partial charge on any atom is 0.267 e. The van der Waals surface area contributed by atoms with E-state index in [9.17, 15) is 4.79 Å². The minimum atomic E-state index is -0.0503. The molecule has 29 heavy (non-hydrogen) atoms. The van der Waals surface area contributed by atoms with Gasteiger partial charge in [0.15, 0.2) is 0 Å². The number of anilines is 2. The van der Waals surface area contributed by atoms with E-state index in [1.807, 2.05) is 37.2 Å². The van der Waals surface area contributed by atoms with Gasteiger partial charge in [-0.05, 0) is 49.9 Å². The minimum absolute atomic E-state index is 0.0503. The number of hydrogen-bond donors (Lipinski definition) is 1. The maximum absolute atomic E-state index is 12.4. The molecule has 0 spiro atoms. The Morgan fingerprint density at radius 2 is 1.76 bits per heavy atom. The molecule has 150 valence electrons. The van der Waals surface area contributed by atoms with Crippen LogP contribution in [0.5, 0.6) is 0 Å². The third kappa shape index (κ3) is 4.42. The molecule has 0 bridgehead atoms. The van der Waals surface area contributed by atoms with Crippen LogP contribution in [0.3, 0.4) is 0 Å². The Labute approximate surface area is 169 Å². The molecule has 3 heterocycles. The standard InChI is InChI=1S/C21H25N7O/c1-27(2)21-23-14-11-19(25-21)24-16-3-5-17(6-4-16)28-20(29)8-7-18(26-28)15-9-12-22-13-10-15/h7-14,16-17H,3-6H2,1-2H3,(H,23,24,25). The molecule has 1 aliphatic rings. The van der Waals surface area contributed by atoms with Crippen molar-refractivity contribution in [1.82, 2.24) is 24.7 Å². The Morgan fingerprint density at radius 1 is 1.00 bits per heavy atom. The lowest BCUT2D eigenvalue weighted by Crippen LogP contribution is -2.33. The van der Waals surface area contributed by atoms with Crippen LogP contribution >= 0.6 is 0 Å². The molecule has 0 amide bonds. The number of nitrogens with one attached hydrogen (secondary N) is 1. The second-order valence-electron chi connectivity index (χ2n) is 7.52. The first-order valence-corrected chi connectivity index (χ1v) is 9.87. The number of rotatable bonds is 5. The maximum atomic E-state index is 12.4. The highest BCUT2D eigenvalue weighted by Crippen LogP contribution is 2.29. The third-order valence-corrected chi connectivity index (χ3v) is 5.24. The van der Waals surface area contributed by atoms with E-state index in [4.69, 9.17) is 0 Å². The van der Waals surface area contributed by atoms with Gasteiger partial charge >= 0.3 is 0 Å². The second kappa shape index (κ2) is 8.38. The van der Waals surface area contributed by atoms with Gasteiger partial charge in [-0.15, -0.1) is 0 Å². The molecule has 3 aromatic heterocycles. The Hall–Kier alpha value is -3.29. The third-order valence-electron chi connectivity index (χ3n) is 5.24. The smallest absolute Gasteiger partial charge is 0.267 e. The predicted molar refractivity (Wildman–Crippen MR) is 113 cm³/mol. The molecule has 8 heteroatoms. The SMILES string of the molecule is CN(C)c1nccc(NC2CCC(n3nc(-c4ccncc4)ccc3=O)CC2)n1. The van der Waals surface area contributed by atoms with Crippen molar-refractivity contribution >= 4 is 11.8 Å². The second-order valence-corrected chi connectivity index (χ2v) is 7.52. The van der Waals surface area contributed by atoms with Crippen LogP contribution in [0.15, 0.2) is 53.7 Å². The lowest BCUT2D eigenvalue weighted by atomic mass is 9.91. The topological polar surface area (TPSA) is 88.8 Å². The van der Waals surface area contributed by atoms with Gasteiger partial charge < -0.3 is 10.2 Å². The van der Waals surface area contributed by atoms with Crippen LogP contribution in [0.25, 0.3) is 11.3 Å². The molecule has 4 rings (SSSR count). The summed E-state index contributed by atoms with van der Waals surface area (Å²) in [6.07, 6.45) is 8.95. The average molecular weight is 391 g/mol. The lowest BCUT2D eigenvalue weighted by Gasteiger charge is -2.30. The predicted octanol–water partition coefficient (Wildman–Crippen LogP) is 2.76. The monoisotopic (exact) mass is 391 g/mol. The summed E-state index contributed by atoms with van der Waals surface area (Å²) in [5.74, 6) is 1.52. The van der Waals surface area contributed by atoms with E-state index < -0.39 is 0 Å². The van der Waals surface area contributed by atoms with Crippen molar-refractivity contribution in [1.29, 1.82) is 0 Å². The molecule has 0 saturated heterocycles. The molecule has 0 radical (unpaired) electrons. The first kappa shape index (κ1) is 19.0. The molecule has 1 aliphatic carbocycles. The highest BCUT2D eigenvalue weighted by atomic mass is 16.1. The van der Waals surface area contributed by atoms with Gasteiger partial charge in [0.05, 0.1) is 11.7 Å². The first-order valence-electron chi connectivity index (χ1n) is 9.87. The molecule has 3 aromatic rings. The zero-order valence-corrected chi connectivity index (χ0v) is 16.7. The van der Waals surface area contributed by atoms with Crippen molar-refractivity contribution in [3.63, 3.8) is 0 Å². The van der Waals surface area contributed by atoms with Crippen LogP contribution in [-0.2, 0) is 0 Å². The molecule has 1 N–H and O–H groups in total. The Bertz CT molecular complexity index is 1010. The molecular weight excluding hydrogens is 366 g/mol. The van der Waals surface area contributed by atoms with E-state index >= 15 is 0 Å². The van der Waals surface area contributed by atoms with E-state index in [0.717, 1.165) is 42.8 Å². The van der Waals surface area contributed by atoms with Crippen LogP contribution in [0.2, 0.25) is 0 Å². The lowest BCUT2D eigenvalue weighted by molar-refractivity contribution is 0.304. The normalized spacial score (nSPS) is 19.0. The Kier molecular flexibility index (Phi) is 5.50. The summed E-state index contributed by atoms with van der Waals surface area (Å²) in [7, 11) is 3.85. The van der Waals surface area contributed by atoms with Gasteiger partial charge in [0.2, 0.25) is 5.95 Å². The quantitative estimate of drug-likeness (QED) is 0.715. The molecule has 0 aliphatic heterocycles. The highest BCUT2D eigenvalue weighted by molar-refractivity contribution is 5.57. The first-order chi connectivity index (χ1) is 14.1. The fraction of sp³-hybridized carbons (Fsp3) is 0.381. The van der Waals surface area contributed by atoms with Crippen molar-refractivity contribution < 1.29 is 0 Å². The van der Waals surface area contributed by atoms with E-state index in [1.165, 1.54) is 0 Å². The summed E-state index contributed by atoms with van der Waals surface area (Å²) in [5.41, 5.74) is 1.71. The number of pyridine rings is 1. The highest BCUT2D eigenvalue weighted by Gasteiger charge is 2.24. The fourth-order valence-electron chi connectivity index (χ4n) is 3.68. The fourth-order valence-corrected chi connectivity index (χ4v) is 3.68. The minimum Gasteiger partial charge on any atom is -0.367 e. The van der Waals surface area contributed by atoms with Crippen LogP contribution in [-0.4, -0.2) is 44.9 Å². The van der Waals surface area contributed by atoms with Gasteiger partial charge in [-0.3, -0.25) is 9.78 Å². The summed E-state index contributed by atoms with van der Waals surface area (Å²) < 4.78 is 1.65. The molecule has 0 aromatic carbocycles. The van der Waals surface area contributed by atoms with Crippen LogP contribution in [0.1, 0.15) is 31.7 Å². The summed E-state index contributed by atoms with van der Waals surface area (Å²) in [5, 5.41) is 8.14. The molecule has 0 atom stereocenters. The van der Waals surface area contributed by atoms with Crippen LogP contribution < -0.4 is 15.8 Å². The molecule has 0 unspecified atom stereocenters. The summed E-state index contributed by atoms with van der Waals surface area (Å²) in [4.78, 5) is 27.1. The zero-order valence-electron chi connectivity index (χ0n) is 16.7. The van der Waals surface area contributed by atoms with Gasteiger partial charge in [-0.1, -0.05) is 0 Å². The van der Waals surface area contributed by atoms with Crippen molar-refractivity contribution in [3.05, 3.63) is 59.3 Å². The van der Waals surface area contributed by atoms with Crippen LogP contribution in [0, 0.1) is 0 Å². The summed E-state index contributed by atoms with van der Waals surface area (Å²) in [6.45, 7) is 0. The van der Waals surface area contributed by atoms with Crippen molar-refractivity contribution in [2.45, 2.75) is 37.8 Å². The van der Waals surface area contributed by atoms with Gasteiger partial charge in [0.25, 0.3) is 5.56 Å².